The van der Waals surface area contributed by atoms with Crippen molar-refractivity contribution in [1.29, 1.82) is 0 Å². The second-order valence-corrected chi connectivity index (χ2v) is 4.20. The van der Waals surface area contributed by atoms with Crippen LogP contribution in [0, 0.1) is 5.41 Å². The third-order valence-electron chi connectivity index (χ3n) is 2.83. The van der Waals surface area contributed by atoms with Crippen LogP contribution in [0.1, 0.15) is 19.8 Å². The lowest BCUT2D eigenvalue weighted by Crippen LogP contribution is -2.50. The molecular formula is C10H20ClN3O2. The van der Waals surface area contributed by atoms with E-state index in [0.29, 0.717) is 6.54 Å². The standard InChI is InChI=1S/C10H19N3O2.ClH/c1-10(4-3-5-12-7-10)9(15)13-6-8(14)11-2;/h12H,3-7H2,1-2H3,(H,11,14)(H,13,15);1H. The van der Waals surface area contributed by atoms with Gasteiger partial charge in [0.05, 0.1) is 12.0 Å². The Balaban J connectivity index is 0.00000225. The van der Waals surface area contributed by atoms with Crippen molar-refractivity contribution < 1.29 is 9.59 Å². The number of nitrogens with one attached hydrogen (secondary N) is 3. The Bertz CT molecular complexity index is 252. The van der Waals surface area contributed by atoms with Gasteiger partial charge in [-0.1, -0.05) is 0 Å². The zero-order chi connectivity index (χ0) is 11.3. The number of hydrogen-bond donors (Lipinski definition) is 3. The van der Waals surface area contributed by atoms with Gasteiger partial charge in [0.25, 0.3) is 0 Å². The van der Waals surface area contributed by atoms with Gasteiger partial charge in [-0.15, -0.1) is 12.4 Å². The zero-order valence-corrected chi connectivity index (χ0v) is 10.6. The highest BCUT2D eigenvalue weighted by atomic mass is 35.5. The highest BCUT2D eigenvalue weighted by Crippen LogP contribution is 2.25. The molecule has 5 nitrogen and oxygen atoms in total. The molecule has 1 unspecified atom stereocenters. The molecule has 0 bridgehead atoms. The lowest BCUT2D eigenvalue weighted by molar-refractivity contribution is -0.133. The van der Waals surface area contributed by atoms with Crippen molar-refractivity contribution in [2.24, 2.45) is 5.41 Å². The van der Waals surface area contributed by atoms with Crippen LogP contribution >= 0.6 is 12.4 Å². The first-order chi connectivity index (χ1) is 7.08. The van der Waals surface area contributed by atoms with E-state index >= 15 is 0 Å². The molecule has 1 rings (SSSR count). The number of piperidine rings is 1. The minimum Gasteiger partial charge on any atom is -0.358 e. The number of halogens is 1. The maximum atomic E-state index is 11.8. The molecule has 3 N–H and O–H groups in total. The molecule has 0 aromatic heterocycles. The van der Waals surface area contributed by atoms with Gasteiger partial charge in [0.15, 0.2) is 0 Å². The molecule has 1 heterocycles. The number of rotatable bonds is 3. The van der Waals surface area contributed by atoms with E-state index in [9.17, 15) is 9.59 Å². The Hall–Kier alpha value is -0.810. The summed E-state index contributed by atoms with van der Waals surface area (Å²) in [6.07, 6.45) is 1.88. The SMILES string of the molecule is CNC(=O)CNC(=O)C1(C)CCCNC1.Cl. The quantitative estimate of drug-likeness (QED) is 0.641. The fourth-order valence-corrected chi connectivity index (χ4v) is 1.71. The van der Waals surface area contributed by atoms with Crippen LogP contribution in [0.15, 0.2) is 0 Å². The average molecular weight is 250 g/mol. The fraction of sp³-hybridized carbons (Fsp3) is 0.800. The molecule has 94 valence electrons. The summed E-state index contributed by atoms with van der Waals surface area (Å²) < 4.78 is 0. The van der Waals surface area contributed by atoms with Gasteiger partial charge in [0.2, 0.25) is 11.8 Å². The molecule has 0 spiro atoms. The predicted molar refractivity (Wildman–Crippen MR) is 64.5 cm³/mol. The van der Waals surface area contributed by atoms with E-state index in [-0.39, 0.29) is 36.2 Å². The van der Waals surface area contributed by atoms with E-state index in [4.69, 9.17) is 0 Å². The Morgan fingerprint density at radius 2 is 2.12 bits per heavy atom. The highest BCUT2D eigenvalue weighted by Gasteiger charge is 2.34. The van der Waals surface area contributed by atoms with Crippen molar-refractivity contribution in [2.45, 2.75) is 19.8 Å². The topological polar surface area (TPSA) is 70.2 Å². The van der Waals surface area contributed by atoms with Crippen LogP contribution in [-0.4, -0.2) is 38.5 Å². The molecule has 1 fully saturated rings. The van der Waals surface area contributed by atoms with Crippen LogP contribution in [-0.2, 0) is 9.59 Å². The molecule has 16 heavy (non-hydrogen) atoms. The van der Waals surface area contributed by atoms with Crippen molar-refractivity contribution in [3.63, 3.8) is 0 Å². The molecule has 0 saturated carbocycles. The van der Waals surface area contributed by atoms with Crippen LogP contribution in [0.2, 0.25) is 0 Å². The van der Waals surface area contributed by atoms with Crippen LogP contribution in [0.5, 0.6) is 0 Å². The summed E-state index contributed by atoms with van der Waals surface area (Å²) in [7, 11) is 1.55. The third-order valence-corrected chi connectivity index (χ3v) is 2.83. The summed E-state index contributed by atoms with van der Waals surface area (Å²) in [6.45, 7) is 3.65. The predicted octanol–water partition coefficient (Wildman–Crippen LogP) is -0.340. The smallest absolute Gasteiger partial charge is 0.239 e. The van der Waals surface area contributed by atoms with Crippen molar-refractivity contribution in [2.75, 3.05) is 26.7 Å². The van der Waals surface area contributed by atoms with Gasteiger partial charge in [-0.3, -0.25) is 9.59 Å². The molecule has 1 aliphatic rings. The van der Waals surface area contributed by atoms with E-state index in [2.05, 4.69) is 16.0 Å². The maximum Gasteiger partial charge on any atom is 0.239 e. The Morgan fingerprint density at radius 3 is 2.62 bits per heavy atom. The number of likely N-dealkylation sites (N-methyl/N-ethyl adjacent to an activating group) is 1. The van der Waals surface area contributed by atoms with E-state index < -0.39 is 0 Å². The molecule has 0 aromatic carbocycles. The minimum atomic E-state index is -0.369. The summed E-state index contributed by atoms with van der Waals surface area (Å²) in [5, 5.41) is 8.32. The van der Waals surface area contributed by atoms with Gasteiger partial charge in [-0.05, 0) is 26.3 Å². The number of carbonyl (C=O) groups excluding carboxylic acids is 2. The summed E-state index contributed by atoms with van der Waals surface area (Å²) in [4.78, 5) is 22.8. The molecular weight excluding hydrogens is 230 g/mol. The largest absolute Gasteiger partial charge is 0.358 e. The number of amides is 2. The van der Waals surface area contributed by atoms with Crippen molar-refractivity contribution in [3.05, 3.63) is 0 Å². The van der Waals surface area contributed by atoms with Crippen molar-refractivity contribution >= 4 is 24.2 Å². The fourth-order valence-electron chi connectivity index (χ4n) is 1.71. The van der Waals surface area contributed by atoms with Gasteiger partial charge < -0.3 is 16.0 Å². The van der Waals surface area contributed by atoms with E-state index in [0.717, 1.165) is 19.4 Å². The third kappa shape index (κ3) is 3.98. The maximum absolute atomic E-state index is 11.8. The average Bonchev–Trinajstić information content (AvgIpc) is 2.26. The van der Waals surface area contributed by atoms with Gasteiger partial charge in [-0.2, -0.15) is 0 Å². The van der Waals surface area contributed by atoms with Crippen LogP contribution in [0.4, 0.5) is 0 Å². The Kier molecular flexibility index (Phi) is 6.36. The molecule has 1 saturated heterocycles. The number of hydrogen-bond acceptors (Lipinski definition) is 3. The van der Waals surface area contributed by atoms with Gasteiger partial charge >= 0.3 is 0 Å². The Labute approximate surface area is 102 Å². The van der Waals surface area contributed by atoms with Gasteiger partial charge in [-0.25, -0.2) is 0 Å². The second-order valence-electron chi connectivity index (χ2n) is 4.20. The molecule has 2 amide bonds. The first-order valence-corrected chi connectivity index (χ1v) is 5.28. The molecule has 6 heteroatoms. The molecule has 0 radical (unpaired) electrons. The molecule has 0 aromatic rings. The van der Waals surface area contributed by atoms with Crippen molar-refractivity contribution in [1.82, 2.24) is 16.0 Å². The Morgan fingerprint density at radius 1 is 1.44 bits per heavy atom. The lowest BCUT2D eigenvalue weighted by Gasteiger charge is -2.32. The molecule has 1 aliphatic heterocycles. The van der Waals surface area contributed by atoms with E-state index in [1.807, 2.05) is 6.92 Å². The highest BCUT2D eigenvalue weighted by molar-refractivity contribution is 5.87. The zero-order valence-electron chi connectivity index (χ0n) is 9.76. The van der Waals surface area contributed by atoms with Crippen LogP contribution < -0.4 is 16.0 Å². The molecule has 0 aliphatic carbocycles. The number of carbonyl (C=O) groups is 2. The van der Waals surface area contributed by atoms with Crippen molar-refractivity contribution in [3.8, 4) is 0 Å². The summed E-state index contributed by atoms with van der Waals surface area (Å²) >= 11 is 0. The summed E-state index contributed by atoms with van der Waals surface area (Å²) in [5.74, 6) is -0.214. The lowest BCUT2D eigenvalue weighted by atomic mass is 9.82. The summed E-state index contributed by atoms with van der Waals surface area (Å²) in [6, 6.07) is 0. The van der Waals surface area contributed by atoms with E-state index in [1.54, 1.807) is 7.05 Å². The summed E-state index contributed by atoms with van der Waals surface area (Å²) in [5.41, 5.74) is -0.369. The first kappa shape index (κ1) is 15.2. The normalized spacial score (nSPS) is 24.1. The van der Waals surface area contributed by atoms with Crippen LogP contribution in [0.25, 0.3) is 0 Å². The van der Waals surface area contributed by atoms with Gasteiger partial charge in [0.1, 0.15) is 0 Å². The second kappa shape index (κ2) is 6.70. The first-order valence-electron chi connectivity index (χ1n) is 5.28. The monoisotopic (exact) mass is 249 g/mol. The molecule has 1 atom stereocenters. The van der Waals surface area contributed by atoms with Gasteiger partial charge in [0, 0.05) is 13.6 Å². The minimum absolute atomic E-state index is 0. The van der Waals surface area contributed by atoms with Crippen LogP contribution in [0.3, 0.4) is 0 Å². The van der Waals surface area contributed by atoms with E-state index in [1.165, 1.54) is 0 Å².